The Morgan fingerprint density at radius 2 is 0.929 bits per heavy atom. The highest BCUT2D eigenvalue weighted by molar-refractivity contribution is 5.70. The van der Waals surface area contributed by atoms with E-state index in [1.807, 2.05) is 13.8 Å². The molecule has 0 aromatic heterocycles. The molecule has 0 saturated carbocycles. The lowest BCUT2D eigenvalue weighted by molar-refractivity contribution is -0.935. The number of nitrogens with zero attached hydrogens (tertiary/aromatic N) is 1. The van der Waals surface area contributed by atoms with Crippen molar-refractivity contribution in [3.8, 4) is 0 Å². The summed E-state index contributed by atoms with van der Waals surface area (Å²) in [7, 11) is 0. The zero-order chi connectivity index (χ0) is 31.6. The van der Waals surface area contributed by atoms with E-state index in [1.54, 1.807) is 6.92 Å². The zero-order valence-electron chi connectivity index (χ0n) is 27.6. The van der Waals surface area contributed by atoms with E-state index in [0.29, 0.717) is 25.8 Å². The van der Waals surface area contributed by atoms with Crippen molar-refractivity contribution in [2.24, 2.45) is 17.8 Å². The van der Waals surface area contributed by atoms with Crippen LogP contribution in [0.1, 0.15) is 150 Å². The second-order valence-corrected chi connectivity index (χ2v) is 12.6. The number of quaternary nitrogens is 1. The molecule has 0 aliphatic carbocycles. The summed E-state index contributed by atoms with van der Waals surface area (Å²) in [5, 5.41) is 31.5. The number of carbonyl (C=O) groups is 3. The monoisotopic (exact) mass is 595 g/mol. The van der Waals surface area contributed by atoms with Crippen LogP contribution < -0.4 is 5.11 Å². The second-order valence-electron chi connectivity index (χ2n) is 12.6. The van der Waals surface area contributed by atoms with Crippen molar-refractivity contribution in [2.75, 3.05) is 26.2 Å². The molecule has 0 amide bonds. The summed E-state index contributed by atoms with van der Waals surface area (Å²) >= 11 is 0. The molecule has 0 saturated heterocycles. The summed E-state index contributed by atoms with van der Waals surface area (Å²) in [5.74, 6) is -4.94. The molecule has 0 spiro atoms. The molecule has 0 rings (SSSR count). The van der Waals surface area contributed by atoms with Gasteiger partial charge in [0.05, 0.1) is 32.1 Å². The van der Waals surface area contributed by atoms with E-state index in [-0.39, 0.29) is 24.1 Å². The molecule has 7 heteroatoms. The topological polar surface area (TPSA) is 115 Å². The Labute approximate surface area is 257 Å². The van der Waals surface area contributed by atoms with Gasteiger partial charge in [-0.15, -0.1) is 0 Å². The second kappa shape index (κ2) is 25.6. The van der Waals surface area contributed by atoms with Crippen LogP contribution in [-0.4, -0.2) is 58.8 Å². The third-order valence-corrected chi connectivity index (χ3v) is 9.07. The Kier molecular flexibility index (Phi) is 24.4. The van der Waals surface area contributed by atoms with Gasteiger partial charge in [-0.1, -0.05) is 110 Å². The average Bonchev–Trinajstić information content (AvgIpc) is 2.96. The number of carboxylic acids is 3. The van der Waals surface area contributed by atoms with E-state index in [2.05, 4.69) is 19.1 Å². The lowest BCUT2D eigenvalue weighted by Crippen LogP contribution is -2.59. The van der Waals surface area contributed by atoms with E-state index >= 15 is 0 Å². The Morgan fingerprint density at radius 3 is 1.24 bits per heavy atom. The molecule has 0 aromatic rings. The lowest BCUT2D eigenvalue weighted by Gasteiger charge is -2.44. The molecule has 0 aromatic carbocycles. The smallest absolute Gasteiger partial charge is 0.312 e. The summed E-state index contributed by atoms with van der Waals surface area (Å²) in [6.07, 6.45) is 25.5. The SMILES string of the molecule is C/C=C/CCCCCCCCCCCCCCCCC[N+](CC(CC)C(=O)[O-])(CC(CC)C(=O)O)CC(CC)C(=O)O. The van der Waals surface area contributed by atoms with Crippen LogP contribution in [0.3, 0.4) is 0 Å². The van der Waals surface area contributed by atoms with Crippen LogP contribution in [0.5, 0.6) is 0 Å². The Bertz CT molecular complexity index is 677. The number of unbranched alkanes of at least 4 members (excludes halogenated alkanes) is 15. The van der Waals surface area contributed by atoms with Crippen LogP contribution >= 0.6 is 0 Å². The number of allylic oxidation sites excluding steroid dienone is 2. The maximum absolute atomic E-state index is 12.0. The fraction of sp³-hybridized carbons (Fsp3) is 0.857. The standard InChI is InChI=1S/C35H65NO6/c1-5-9-10-11-12-13-14-15-16-17-18-19-20-21-22-23-24-25-26-36(27-30(6-2)33(37)38,28-31(7-3)34(39)40)29-32(8-4)35(41)42/h5,9,30-32H,6-8,10-29H2,1-4H3,(H2-,37,38,39,40,41,42)/b9-5+. The first kappa shape index (κ1) is 40.1. The van der Waals surface area contributed by atoms with Crippen molar-refractivity contribution < 1.29 is 34.2 Å². The fourth-order valence-corrected chi connectivity index (χ4v) is 6.21. The van der Waals surface area contributed by atoms with Gasteiger partial charge in [0.2, 0.25) is 0 Å². The van der Waals surface area contributed by atoms with E-state index in [0.717, 1.165) is 19.3 Å². The van der Waals surface area contributed by atoms with Gasteiger partial charge in [0.1, 0.15) is 11.8 Å². The number of carboxylic acid groups (broad SMARTS) is 3. The molecule has 3 atom stereocenters. The molecule has 0 fully saturated rings. The van der Waals surface area contributed by atoms with Gasteiger partial charge >= 0.3 is 11.9 Å². The van der Waals surface area contributed by atoms with E-state index in [9.17, 15) is 29.7 Å². The third kappa shape index (κ3) is 19.3. The highest BCUT2D eigenvalue weighted by atomic mass is 16.4. The molecular weight excluding hydrogens is 530 g/mol. The molecular formula is C35H65NO6. The first-order valence-corrected chi connectivity index (χ1v) is 17.3. The number of aliphatic carboxylic acids is 3. The Balaban J connectivity index is 4.66. The van der Waals surface area contributed by atoms with Crippen LogP contribution in [0.4, 0.5) is 0 Å². The average molecular weight is 596 g/mol. The summed E-state index contributed by atoms with van der Waals surface area (Å²) in [6.45, 7) is 8.88. The van der Waals surface area contributed by atoms with Crippen molar-refractivity contribution in [1.82, 2.24) is 0 Å². The van der Waals surface area contributed by atoms with Crippen molar-refractivity contribution in [1.29, 1.82) is 0 Å². The molecule has 0 aliphatic heterocycles. The Hall–Kier alpha value is -1.89. The Morgan fingerprint density at radius 1 is 0.595 bits per heavy atom. The molecule has 3 unspecified atom stereocenters. The summed E-state index contributed by atoms with van der Waals surface area (Å²) in [5.41, 5.74) is 0. The van der Waals surface area contributed by atoms with Crippen LogP contribution in [0.25, 0.3) is 0 Å². The predicted octanol–water partition coefficient (Wildman–Crippen LogP) is 7.62. The number of hydrogen-bond acceptors (Lipinski definition) is 4. The maximum atomic E-state index is 12.0. The molecule has 246 valence electrons. The van der Waals surface area contributed by atoms with Gasteiger partial charge in [-0.3, -0.25) is 9.59 Å². The van der Waals surface area contributed by atoms with Crippen molar-refractivity contribution in [3.63, 3.8) is 0 Å². The fourth-order valence-electron chi connectivity index (χ4n) is 6.21. The first-order valence-electron chi connectivity index (χ1n) is 17.3. The van der Waals surface area contributed by atoms with Gasteiger partial charge in [0, 0.05) is 5.92 Å². The van der Waals surface area contributed by atoms with Crippen molar-refractivity contribution in [2.45, 2.75) is 150 Å². The quantitative estimate of drug-likeness (QED) is 0.0501. The minimum absolute atomic E-state index is 0.221. The molecule has 42 heavy (non-hydrogen) atoms. The van der Waals surface area contributed by atoms with Gasteiger partial charge in [-0.05, 0) is 51.9 Å². The highest BCUT2D eigenvalue weighted by Gasteiger charge is 2.39. The molecule has 0 aliphatic rings. The zero-order valence-corrected chi connectivity index (χ0v) is 27.6. The molecule has 0 heterocycles. The first-order chi connectivity index (χ1) is 20.2. The van der Waals surface area contributed by atoms with Crippen molar-refractivity contribution in [3.05, 3.63) is 12.2 Å². The number of carbonyl (C=O) groups excluding carboxylic acids is 1. The normalized spacial score (nSPS) is 15.3. The van der Waals surface area contributed by atoms with Gasteiger partial charge in [0.25, 0.3) is 0 Å². The minimum atomic E-state index is -1.14. The van der Waals surface area contributed by atoms with Gasteiger partial charge in [-0.2, -0.15) is 0 Å². The molecule has 0 radical (unpaired) electrons. The van der Waals surface area contributed by atoms with Crippen LogP contribution in [0.15, 0.2) is 12.2 Å². The summed E-state index contributed by atoms with van der Waals surface area (Å²) < 4.78 is 0.221. The number of rotatable bonds is 30. The van der Waals surface area contributed by atoms with E-state index in [4.69, 9.17) is 0 Å². The van der Waals surface area contributed by atoms with Gasteiger partial charge in [-0.25, -0.2) is 0 Å². The van der Waals surface area contributed by atoms with E-state index < -0.39 is 35.7 Å². The number of hydrogen-bond donors (Lipinski definition) is 2. The summed E-state index contributed by atoms with van der Waals surface area (Å²) in [6, 6.07) is 0. The van der Waals surface area contributed by atoms with Crippen LogP contribution in [0, 0.1) is 17.8 Å². The van der Waals surface area contributed by atoms with E-state index in [1.165, 1.54) is 83.5 Å². The molecule has 0 bridgehead atoms. The third-order valence-electron chi connectivity index (χ3n) is 9.07. The maximum Gasteiger partial charge on any atom is 0.312 e. The van der Waals surface area contributed by atoms with Crippen molar-refractivity contribution >= 4 is 17.9 Å². The minimum Gasteiger partial charge on any atom is -0.550 e. The lowest BCUT2D eigenvalue weighted by atomic mass is 9.95. The van der Waals surface area contributed by atoms with Gasteiger partial charge in [0.15, 0.2) is 0 Å². The summed E-state index contributed by atoms with van der Waals surface area (Å²) in [4.78, 5) is 35.8. The largest absolute Gasteiger partial charge is 0.550 e. The molecule has 7 nitrogen and oxygen atoms in total. The molecule has 2 N–H and O–H groups in total. The highest BCUT2D eigenvalue weighted by Crippen LogP contribution is 2.25. The van der Waals surface area contributed by atoms with Gasteiger partial charge < -0.3 is 24.6 Å². The predicted molar refractivity (Wildman–Crippen MR) is 170 cm³/mol. The van der Waals surface area contributed by atoms with Crippen LogP contribution in [0.2, 0.25) is 0 Å². The van der Waals surface area contributed by atoms with Crippen LogP contribution in [-0.2, 0) is 14.4 Å².